The molecule has 2 aliphatic heterocycles. The van der Waals surface area contributed by atoms with E-state index < -0.39 is 28.6 Å². The zero-order valence-electron chi connectivity index (χ0n) is 17.8. The zero-order valence-corrected chi connectivity index (χ0v) is 17.8. The van der Waals surface area contributed by atoms with Crippen LogP contribution in [-0.2, 0) is 9.47 Å². The molecule has 156 valence electrons. The third kappa shape index (κ3) is 2.48. The van der Waals surface area contributed by atoms with E-state index in [1.807, 2.05) is 6.07 Å². The largest absolute Gasteiger partial charge is 0.447 e. The highest BCUT2D eigenvalue weighted by atomic mass is 16.7. The molecule has 2 bridgehead atoms. The summed E-state index contributed by atoms with van der Waals surface area (Å²) in [7, 11) is 0. The van der Waals surface area contributed by atoms with Gasteiger partial charge in [-0.1, -0.05) is 32.9 Å². The summed E-state index contributed by atoms with van der Waals surface area (Å²) >= 11 is 0. The molecule has 3 aliphatic rings. The maximum atomic E-state index is 10.4. The van der Waals surface area contributed by atoms with Crippen molar-refractivity contribution in [1.82, 2.24) is 0 Å². The Morgan fingerprint density at radius 3 is 2.19 bits per heavy atom. The molecule has 31 heavy (non-hydrogen) atoms. The molecular weight excluding hydrogens is 390 g/mol. The average molecular weight is 413 g/mol. The standard InChI is InChI=1S/C24H23N5O2/c1-21(2,3)17-8-9-24-18(10-17)23(14-28,20(29)31-24)22(12-26,13-27)19(30-24)16-6-4-15(11-25)5-7-16/h4-7,17-19,29H,8-10H2,1-3H3. The van der Waals surface area contributed by atoms with E-state index in [2.05, 4.69) is 39.0 Å². The molecule has 4 rings (SSSR count). The Balaban J connectivity index is 1.93. The summed E-state index contributed by atoms with van der Waals surface area (Å²) in [5.41, 5.74) is -2.79. The van der Waals surface area contributed by atoms with E-state index in [0.717, 1.165) is 6.42 Å². The van der Waals surface area contributed by atoms with Crippen LogP contribution < -0.4 is 0 Å². The van der Waals surface area contributed by atoms with Crippen molar-refractivity contribution in [2.24, 2.45) is 28.1 Å². The van der Waals surface area contributed by atoms with E-state index in [9.17, 15) is 15.8 Å². The average Bonchev–Trinajstić information content (AvgIpc) is 2.96. The van der Waals surface area contributed by atoms with Crippen LogP contribution in [0.2, 0.25) is 0 Å². The van der Waals surface area contributed by atoms with E-state index in [4.69, 9.17) is 20.1 Å². The summed E-state index contributed by atoms with van der Waals surface area (Å²) < 4.78 is 12.4. The minimum Gasteiger partial charge on any atom is -0.447 e. The Hall–Kier alpha value is -3.39. The second-order valence-electron chi connectivity index (χ2n) is 9.82. The van der Waals surface area contributed by atoms with E-state index in [-0.39, 0.29) is 17.2 Å². The van der Waals surface area contributed by atoms with Crippen LogP contribution in [0.25, 0.3) is 0 Å². The third-order valence-electron chi connectivity index (χ3n) is 7.48. The van der Waals surface area contributed by atoms with Gasteiger partial charge in [-0.15, -0.1) is 0 Å². The van der Waals surface area contributed by atoms with Crippen molar-refractivity contribution in [2.75, 3.05) is 0 Å². The predicted octanol–water partition coefficient (Wildman–Crippen LogP) is 4.34. The minimum atomic E-state index is -1.96. The van der Waals surface area contributed by atoms with E-state index in [0.29, 0.717) is 24.0 Å². The Labute approximate surface area is 181 Å². The van der Waals surface area contributed by atoms with Gasteiger partial charge in [-0.3, -0.25) is 5.41 Å². The van der Waals surface area contributed by atoms with Crippen molar-refractivity contribution in [3.63, 3.8) is 0 Å². The molecule has 7 heteroatoms. The molecular formula is C24H23N5O2. The van der Waals surface area contributed by atoms with Crippen LogP contribution in [0.4, 0.5) is 0 Å². The van der Waals surface area contributed by atoms with Crippen molar-refractivity contribution in [3.8, 4) is 24.3 Å². The first-order valence-electron chi connectivity index (χ1n) is 10.3. The van der Waals surface area contributed by atoms with E-state index >= 15 is 0 Å². The maximum Gasteiger partial charge on any atom is 0.217 e. The van der Waals surface area contributed by atoms with Gasteiger partial charge >= 0.3 is 0 Å². The van der Waals surface area contributed by atoms with Crippen molar-refractivity contribution in [3.05, 3.63) is 35.4 Å². The van der Waals surface area contributed by atoms with Gasteiger partial charge in [0.25, 0.3) is 0 Å². The molecule has 2 saturated heterocycles. The highest BCUT2D eigenvalue weighted by molar-refractivity contribution is 5.89. The normalized spacial score (nSPS) is 35.5. The van der Waals surface area contributed by atoms with Gasteiger partial charge in [0, 0.05) is 6.42 Å². The molecule has 5 unspecified atom stereocenters. The lowest BCUT2D eigenvalue weighted by Crippen LogP contribution is -2.61. The monoisotopic (exact) mass is 413 g/mol. The summed E-state index contributed by atoms with van der Waals surface area (Å²) in [6.45, 7) is 6.40. The fourth-order valence-electron chi connectivity index (χ4n) is 5.66. The molecule has 3 fully saturated rings. The first-order valence-corrected chi connectivity index (χ1v) is 10.3. The molecule has 0 radical (unpaired) electrons. The number of nitrogens with zero attached hydrogens (tertiary/aromatic N) is 4. The van der Waals surface area contributed by atoms with Crippen LogP contribution in [0.3, 0.4) is 0 Å². The fraction of sp³-hybridized carbons (Fsp3) is 0.542. The highest BCUT2D eigenvalue weighted by Crippen LogP contribution is 2.70. The lowest BCUT2D eigenvalue weighted by molar-refractivity contribution is -0.301. The number of nitrogens with one attached hydrogen (secondary N) is 1. The molecule has 1 aliphatic carbocycles. The number of hydrogen-bond acceptors (Lipinski definition) is 7. The molecule has 1 aromatic rings. The molecule has 0 spiro atoms. The van der Waals surface area contributed by atoms with E-state index in [1.54, 1.807) is 24.3 Å². The first kappa shape index (κ1) is 20.9. The number of benzene rings is 1. The van der Waals surface area contributed by atoms with Gasteiger partial charge in [-0.25, -0.2) is 0 Å². The Bertz CT molecular complexity index is 1090. The SMILES string of the molecule is CC(C)(C)C1CCC23OC(=N)C(C#N)(C2C1)C(C#N)(C#N)C(c1ccc(C#N)cc1)O3. The minimum absolute atomic E-state index is 0.0359. The molecule has 5 atom stereocenters. The summed E-state index contributed by atoms with van der Waals surface area (Å²) in [5, 5.41) is 48.8. The lowest BCUT2D eigenvalue weighted by Gasteiger charge is -2.54. The Morgan fingerprint density at radius 2 is 1.68 bits per heavy atom. The van der Waals surface area contributed by atoms with Gasteiger partial charge in [0.15, 0.2) is 5.41 Å². The molecule has 7 nitrogen and oxygen atoms in total. The van der Waals surface area contributed by atoms with Crippen LogP contribution in [0.1, 0.15) is 57.3 Å². The highest BCUT2D eigenvalue weighted by Gasteiger charge is 2.81. The molecule has 0 amide bonds. The Morgan fingerprint density at radius 1 is 1.03 bits per heavy atom. The summed E-state index contributed by atoms with van der Waals surface area (Å²) in [4.78, 5) is 0. The number of ether oxygens (including phenoxy) is 2. The topological polar surface area (TPSA) is 137 Å². The second-order valence-corrected chi connectivity index (χ2v) is 9.82. The molecule has 1 N–H and O–H groups in total. The third-order valence-corrected chi connectivity index (χ3v) is 7.48. The quantitative estimate of drug-likeness (QED) is 0.727. The van der Waals surface area contributed by atoms with Gasteiger partial charge in [0.05, 0.1) is 35.8 Å². The van der Waals surface area contributed by atoms with Crippen LogP contribution in [0.5, 0.6) is 0 Å². The predicted molar refractivity (Wildman–Crippen MR) is 109 cm³/mol. The summed E-state index contributed by atoms with van der Waals surface area (Å²) in [5.74, 6) is -1.93. The smallest absolute Gasteiger partial charge is 0.217 e. The summed E-state index contributed by atoms with van der Waals surface area (Å²) in [6.07, 6.45) is 0.719. The first-order chi connectivity index (χ1) is 14.6. The van der Waals surface area contributed by atoms with Crippen molar-refractivity contribution in [1.29, 1.82) is 26.5 Å². The molecule has 2 heterocycles. The number of nitriles is 4. The van der Waals surface area contributed by atoms with Gasteiger partial charge in [-0.05, 0) is 41.9 Å². The van der Waals surface area contributed by atoms with Gasteiger partial charge in [0.2, 0.25) is 17.1 Å². The molecule has 0 aromatic heterocycles. The molecule has 1 saturated carbocycles. The van der Waals surface area contributed by atoms with Crippen LogP contribution in [0.15, 0.2) is 24.3 Å². The van der Waals surface area contributed by atoms with Gasteiger partial charge in [-0.2, -0.15) is 21.0 Å². The summed E-state index contributed by atoms with van der Waals surface area (Å²) in [6, 6.07) is 14.9. The van der Waals surface area contributed by atoms with Crippen molar-refractivity contribution >= 4 is 5.90 Å². The van der Waals surface area contributed by atoms with Crippen molar-refractivity contribution < 1.29 is 9.47 Å². The number of rotatable bonds is 1. The maximum absolute atomic E-state index is 10.4. The van der Waals surface area contributed by atoms with Crippen molar-refractivity contribution in [2.45, 2.75) is 51.9 Å². The zero-order chi connectivity index (χ0) is 22.7. The van der Waals surface area contributed by atoms with E-state index in [1.165, 1.54) is 0 Å². The molecule has 1 aromatic carbocycles. The lowest BCUT2D eigenvalue weighted by atomic mass is 9.49. The number of hydrogen-bond donors (Lipinski definition) is 1. The van der Waals surface area contributed by atoms with Gasteiger partial charge in [0.1, 0.15) is 6.10 Å². The van der Waals surface area contributed by atoms with Gasteiger partial charge < -0.3 is 9.47 Å². The van der Waals surface area contributed by atoms with Crippen LogP contribution in [0, 0.1) is 78.8 Å². The fourth-order valence-corrected chi connectivity index (χ4v) is 5.66. The Kier molecular flexibility index (Phi) is 4.41. The van der Waals surface area contributed by atoms with Crippen LogP contribution in [-0.4, -0.2) is 11.7 Å². The van der Waals surface area contributed by atoms with Crippen LogP contribution >= 0.6 is 0 Å². The second kappa shape index (κ2) is 6.55.